The summed E-state index contributed by atoms with van der Waals surface area (Å²) in [5.74, 6) is 0. The number of sulfonamides is 1. The predicted molar refractivity (Wildman–Crippen MR) is 85.2 cm³/mol. The number of benzene rings is 1. The lowest BCUT2D eigenvalue weighted by Gasteiger charge is -2.11. The molecular formula is C11H15Br2NO3S2. The molecule has 1 rings (SSSR count). The first kappa shape index (κ1) is 17.3. The maximum Gasteiger partial charge on any atom is 0.241 e. The van der Waals surface area contributed by atoms with E-state index in [-0.39, 0.29) is 16.7 Å². The van der Waals surface area contributed by atoms with Crippen molar-refractivity contribution in [1.29, 1.82) is 0 Å². The molecular weight excluding hydrogens is 418 g/mol. The Labute approximate surface area is 133 Å². The van der Waals surface area contributed by atoms with Crippen LogP contribution in [0, 0.1) is 0 Å². The van der Waals surface area contributed by atoms with Crippen LogP contribution in [0.4, 0.5) is 0 Å². The number of nitrogens with one attached hydrogen (secondary N) is 1. The Kier molecular flexibility index (Phi) is 6.65. The molecule has 2 unspecified atom stereocenters. The molecule has 0 aliphatic rings. The van der Waals surface area contributed by atoms with Crippen LogP contribution < -0.4 is 4.72 Å². The summed E-state index contributed by atoms with van der Waals surface area (Å²) in [4.78, 5) is 0.187. The number of hydrogen-bond acceptors (Lipinski definition) is 3. The third kappa shape index (κ3) is 5.26. The third-order valence-electron chi connectivity index (χ3n) is 2.59. The minimum Gasteiger partial charge on any atom is -0.260 e. The summed E-state index contributed by atoms with van der Waals surface area (Å²) in [5, 5.41) is -0.0337. The fraction of sp³-hybridized carbons (Fsp3) is 0.455. The SMILES string of the molecule is CC(CCNS(=O)(=O)c1cc(Br)ccc1Br)S(C)=O. The molecule has 1 aromatic carbocycles. The van der Waals surface area contributed by atoms with Crippen molar-refractivity contribution in [3.63, 3.8) is 0 Å². The molecule has 0 spiro atoms. The van der Waals surface area contributed by atoms with Crippen LogP contribution in [-0.2, 0) is 20.8 Å². The maximum absolute atomic E-state index is 12.1. The topological polar surface area (TPSA) is 63.2 Å². The molecule has 0 aliphatic heterocycles. The van der Waals surface area contributed by atoms with Gasteiger partial charge in [0.05, 0.1) is 4.90 Å². The van der Waals surface area contributed by atoms with Gasteiger partial charge in [-0.05, 0) is 40.5 Å². The molecule has 0 amide bonds. The van der Waals surface area contributed by atoms with Crippen LogP contribution in [0.15, 0.2) is 32.0 Å². The molecule has 0 fully saturated rings. The van der Waals surface area contributed by atoms with E-state index in [2.05, 4.69) is 36.6 Å². The quantitative estimate of drug-likeness (QED) is 0.751. The molecule has 2 atom stereocenters. The van der Waals surface area contributed by atoms with Crippen LogP contribution >= 0.6 is 31.9 Å². The highest BCUT2D eigenvalue weighted by molar-refractivity contribution is 9.11. The zero-order valence-corrected chi connectivity index (χ0v) is 15.3. The van der Waals surface area contributed by atoms with Gasteiger partial charge in [-0.25, -0.2) is 13.1 Å². The maximum atomic E-state index is 12.1. The normalized spacial score (nSPS) is 15.2. The van der Waals surface area contributed by atoms with E-state index >= 15 is 0 Å². The van der Waals surface area contributed by atoms with Gasteiger partial charge in [0.15, 0.2) is 0 Å². The highest BCUT2D eigenvalue weighted by Gasteiger charge is 2.18. The summed E-state index contributed by atoms with van der Waals surface area (Å²) in [7, 11) is -4.50. The first-order valence-corrected chi connectivity index (χ1v) is 10.2. The summed E-state index contributed by atoms with van der Waals surface area (Å²) in [6.07, 6.45) is 2.15. The van der Waals surface area contributed by atoms with Gasteiger partial charge in [-0.2, -0.15) is 0 Å². The van der Waals surface area contributed by atoms with E-state index in [0.717, 1.165) is 0 Å². The van der Waals surface area contributed by atoms with Gasteiger partial charge in [0.2, 0.25) is 10.0 Å². The zero-order chi connectivity index (χ0) is 14.6. The smallest absolute Gasteiger partial charge is 0.241 e. The van der Waals surface area contributed by atoms with E-state index in [0.29, 0.717) is 15.4 Å². The Morgan fingerprint density at radius 2 is 2.00 bits per heavy atom. The van der Waals surface area contributed by atoms with Gasteiger partial charge in [0.25, 0.3) is 0 Å². The molecule has 8 heteroatoms. The highest BCUT2D eigenvalue weighted by atomic mass is 79.9. The molecule has 0 aliphatic carbocycles. The van der Waals surface area contributed by atoms with Crippen LogP contribution in [0.1, 0.15) is 13.3 Å². The van der Waals surface area contributed by atoms with Gasteiger partial charge in [-0.15, -0.1) is 0 Å². The molecule has 4 nitrogen and oxygen atoms in total. The Hall–Kier alpha value is 0.240. The van der Waals surface area contributed by atoms with Crippen LogP contribution in [-0.4, -0.2) is 30.7 Å². The Balaban J connectivity index is 2.76. The van der Waals surface area contributed by atoms with Crippen molar-refractivity contribution in [1.82, 2.24) is 4.72 Å². The lowest BCUT2D eigenvalue weighted by atomic mass is 10.3. The molecule has 0 heterocycles. The molecule has 0 saturated carbocycles. The summed E-state index contributed by atoms with van der Waals surface area (Å²) in [5.41, 5.74) is 0. The van der Waals surface area contributed by atoms with Crippen molar-refractivity contribution in [2.45, 2.75) is 23.5 Å². The largest absolute Gasteiger partial charge is 0.260 e. The molecule has 1 aromatic rings. The Bertz CT molecular complexity index is 575. The Morgan fingerprint density at radius 3 is 2.58 bits per heavy atom. The van der Waals surface area contributed by atoms with Gasteiger partial charge in [-0.3, -0.25) is 4.21 Å². The van der Waals surface area contributed by atoms with E-state index in [1.54, 1.807) is 18.4 Å². The number of halogens is 2. The van der Waals surface area contributed by atoms with Crippen molar-refractivity contribution in [2.75, 3.05) is 12.8 Å². The van der Waals surface area contributed by atoms with E-state index < -0.39 is 20.8 Å². The summed E-state index contributed by atoms with van der Waals surface area (Å²) < 4.78 is 39.1. The summed E-state index contributed by atoms with van der Waals surface area (Å²) >= 11 is 6.47. The molecule has 1 N–H and O–H groups in total. The molecule has 0 radical (unpaired) electrons. The van der Waals surface area contributed by atoms with Crippen LogP contribution in [0.5, 0.6) is 0 Å². The van der Waals surface area contributed by atoms with Crippen LogP contribution in [0.25, 0.3) is 0 Å². The van der Waals surface area contributed by atoms with Crippen molar-refractivity contribution in [2.24, 2.45) is 0 Å². The fourth-order valence-corrected chi connectivity index (χ4v) is 4.32. The number of hydrogen-bond donors (Lipinski definition) is 1. The zero-order valence-electron chi connectivity index (χ0n) is 10.5. The minimum absolute atomic E-state index is 0.0337. The lowest BCUT2D eigenvalue weighted by Crippen LogP contribution is -2.28. The van der Waals surface area contributed by atoms with Crippen molar-refractivity contribution < 1.29 is 12.6 Å². The Morgan fingerprint density at radius 1 is 1.37 bits per heavy atom. The molecule has 0 saturated heterocycles. The molecule has 108 valence electrons. The molecule has 0 bridgehead atoms. The first-order chi connectivity index (χ1) is 8.74. The lowest BCUT2D eigenvalue weighted by molar-refractivity contribution is 0.577. The summed E-state index contributed by atoms with van der Waals surface area (Å²) in [6.45, 7) is 2.10. The van der Waals surface area contributed by atoms with Gasteiger partial charge in [-0.1, -0.05) is 22.9 Å². The van der Waals surface area contributed by atoms with E-state index in [4.69, 9.17) is 0 Å². The van der Waals surface area contributed by atoms with E-state index in [9.17, 15) is 12.6 Å². The second-order valence-electron chi connectivity index (χ2n) is 4.07. The fourth-order valence-electron chi connectivity index (χ4n) is 1.32. The third-order valence-corrected chi connectivity index (χ3v) is 6.91. The second-order valence-corrected chi connectivity index (χ2v) is 9.38. The van der Waals surface area contributed by atoms with Gasteiger partial charge < -0.3 is 0 Å². The van der Waals surface area contributed by atoms with Gasteiger partial charge in [0.1, 0.15) is 0 Å². The van der Waals surface area contributed by atoms with Crippen LogP contribution in [0.2, 0.25) is 0 Å². The number of rotatable bonds is 6. The van der Waals surface area contributed by atoms with E-state index in [1.807, 2.05) is 6.92 Å². The van der Waals surface area contributed by atoms with Crippen LogP contribution in [0.3, 0.4) is 0 Å². The van der Waals surface area contributed by atoms with Crippen molar-refractivity contribution >= 4 is 52.7 Å². The predicted octanol–water partition coefficient (Wildman–Crippen LogP) is 2.65. The standard InChI is InChI=1S/C11H15Br2NO3S2/c1-8(18(2)15)5-6-14-19(16,17)11-7-9(12)3-4-10(11)13/h3-4,7-8,14H,5-6H2,1-2H3. The highest BCUT2D eigenvalue weighted by Crippen LogP contribution is 2.25. The van der Waals surface area contributed by atoms with Gasteiger partial charge >= 0.3 is 0 Å². The average molecular weight is 433 g/mol. The average Bonchev–Trinajstić information content (AvgIpc) is 2.31. The van der Waals surface area contributed by atoms with Gasteiger partial charge in [0, 0.05) is 37.8 Å². The minimum atomic E-state index is -3.56. The van der Waals surface area contributed by atoms with E-state index in [1.165, 1.54) is 6.07 Å². The monoisotopic (exact) mass is 431 g/mol. The van der Waals surface area contributed by atoms with Crippen molar-refractivity contribution in [3.05, 3.63) is 27.1 Å². The molecule has 0 aromatic heterocycles. The summed E-state index contributed by atoms with van der Waals surface area (Å²) in [6, 6.07) is 4.96. The second kappa shape index (κ2) is 7.31. The first-order valence-electron chi connectivity index (χ1n) is 5.51. The van der Waals surface area contributed by atoms with Crippen molar-refractivity contribution in [3.8, 4) is 0 Å². The molecule has 19 heavy (non-hydrogen) atoms.